The third-order valence-corrected chi connectivity index (χ3v) is 3.15. The minimum Gasteiger partial charge on any atom is -0.366 e. The van der Waals surface area contributed by atoms with Crippen LogP contribution in [-0.2, 0) is 6.42 Å². The lowest BCUT2D eigenvalue weighted by Crippen LogP contribution is -2.49. The fourth-order valence-corrected chi connectivity index (χ4v) is 2.18. The molecule has 2 nitrogen and oxygen atoms in total. The van der Waals surface area contributed by atoms with Gasteiger partial charge in [0.2, 0.25) is 0 Å². The number of hydrogen-bond donors (Lipinski definition) is 1. The first-order chi connectivity index (χ1) is 7.31. The monoisotopic (exact) mass is 204 g/mol. The molecule has 2 heteroatoms. The van der Waals surface area contributed by atoms with Crippen LogP contribution in [0.3, 0.4) is 0 Å². The van der Waals surface area contributed by atoms with Gasteiger partial charge in [-0.15, -0.1) is 0 Å². The smallest absolute Gasteiger partial charge is 0.0386 e. The van der Waals surface area contributed by atoms with Crippen molar-refractivity contribution in [3.8, 4) is 0 Å². The van der Waals surface area contributed by atoms with Gasteiger partial charge in [-0.1, -0.05) is 19.1 Å². The number of nitrogens with zero attached hydrogens (tertiary/aromatic N) is 1. The number of anilines is 1. The van der Waals surface area contributed by atoms with Crippen LogP contribution < -0.4 is 10.2 Å². The van der Waals surface area contributed by atoms with E-state index in [-0.39, 0.29) is 0 Å². The molecule has 0 amide bonds. The minimum absolute atomic E-state index is 0.603. The summed E-state index contributed by atoms with van der Waals surface area (Å²) in [4.78, 5) is 2.50. The number of aryl methyl sites for hydroxylation is 1. The Morgan fingerprint density at radius 2 is 2.33 bits per heavy atom. The summed E-state index contributed by atoms with van der Waals surface area (Å²) in [7, 11) is 0. The Morgan fingerprint density at radius 3 is 3.07 bits per heavy atom. The van der Waals surface area contributed by atoms with Crippen molar-refractivity contribution in [2.24, 2.45) is 0 Å². The Morgan fingerprint density at radius 1 is 1.47 bits per heavy atom. The van der Waals surface area contributed by atoms with E-state index in [0.717, 1.165) is 26.1 Å². The average molecular weight is 204 g/mol. The van der Waals surface area contributed by atoms with E-state index in [4.69, 9.17) is 0 Å². The molecule has 0 saturated carbocycles. The summed E-state index contributed by atoms with van der Waals surface area (Å²) in [5, 5.41) is 3.42. The molecule has 1 unspecified atom stereocenters. The maximum Gasteiger partial charge on any atom is 0.0386 e. The summed E-state index contributed by atoms with van der Waals surface area (Å²) in [5.41, 5.74) is 2.81. The number of rotatable bonds is 2. The molecule has 82 valence electrons. The Labute approximate surface area is 92.3 Å². The quantitative estimate of drug-likeness (QED) is 0.793. The predicted octanol–water partition coefficient (Wildman–Crippen LogP) is 2.05. The van der Waals surface area contributed by atoms with E-state index in [1.54, 1.807) is 0 Å². The van der Waals surface area contributed by atoms with Gasteiger partial charge in [-0.05, 0) is 31.0 Å². The van der Waals surface area contributed by atoms with Crippen molar-refractivity contribution in [3.63, 3.8) is 0 Å². The van der Waals surface area contributed by atoms with Gasteiger partial charge in [0.05, 0.1) is 0 Å². The van der Waals surface area contributed by atoms with Crippen molar-refractivity contribution in [1.29, 1.82) is 0 Å². The van der Waals surface area contributed by atoms with Crippen LogP contribution in [0.1, 0.15) is 19.4 Å². The van der Waals surface area contributed by atoms with Gasteiger partial charge in [-0.2, -0.15) is 0 Å². The Kier molecular flexibility index (Phi) is 3.27. The van der Waals surface area contributed by atoms with Crippen LogP contribution >= 0.6 is 0 Å². The van der Waals surface area contributed by atoms with Gasteiger partial charge in [-0.25, -0.2) is 0 Å². The molecular formula is C13H20N2. The molecular weight excluding hydrogens is 184 g/mol. The summed E-state index contributed by atoms with van der Waals surface area (Å²) in [6, 6.07) is 9.52. The number of hydrogen-bond acceptors (Lipinski definition) is 2. The Bertz CT molecular complexity index is 322. The van der Waals surface area contributed by atoms with Crippen LogP contribution in [0.15, 0.2) is 24.3 Å². The largest absolute Gasteiger partial charge is 0.366 e. The van der Waals surface area contributed by atoms with Gasteiger partial charge in [0, 0.05) is 31.4 Å². The van der Waals surface area contributed by atoms with Gasteiger partial charge in [-0.3, -0.25) is 0 Å². The van der Waals surface area contributed by atoms with E-state index in [1.807, 2.05) is 0 Å². The summed E-state index contributed by atoms with van der Waals surface area (Å²) in [6.45, 7) is 7.80. The highest BCUT2D eigenvalue weighted by atomic mass is 15.2. The molecule has 1 fully saturated rings. The molecule has 2 rings (SSSR count). The third kappa shape index (κ3) is 2.32. The highest BCUT2D eigenvalue weighted by molar-refractivity contribution is 5.50. The molecule has 1 aliphatic heterocycles. The van der Waals surface area contributed by atoms with E-state index in [0.29, 0.717) is 6.04 Å². The maximum absolute atomic E-state index is 3.42. The predicted molar refractivity (Wildman–Crippen MR) is 65.5 cm³/mol. The fourth-order valence-electron chi connectivity index (χ4n) is 2.18. The van der Waals surface area contributed by atoms with E-state index >= 15 is 0 Å². The van der Waals surface area contributed by atoms with Crippen LogP contribution in [-0.4, -0.2) is 25.7 Å². The molecule has 0 spiro atoms. The van der Waals surface area contributed by atoms with Gasteiger partial charge in [0.1, 0.15) is 0 Å². The zero-order chi connectivity index (χ0) is 10.7. The zero-order valence-electron chi connectivity index (χ0n) is 9.66. The molecule has 0 radical (unpaired) electrons. The SMILES string of the molecule is CCc1cccc(N2CCNCC2C)c1. The normalized spacial score (nSPS) is 21.7. The highest BCUT2D eigenvalue weighted by Gasteiger charge is 2.17. The second kappa shape index (κ2) is 4.67. The second-order valence-electron chi connectivity index (χ2n) is 4.27. The van der Waals surface area contributed by atoms with Crippen LogP contribution in [0.4, 0.5) is 5.69 Å². The molecule has 15 heavy (non-hydrogen) atoms. The number of nitrogens with one attached hydrogen (secondary N) is 1. The number of benzene rings is 1. The van der Waals surface area contributed by atoms with Crippen LogP contribution in [0.5, 0.6) is 0 Å². The molecule has 1 heterocycles. The minimum atomic E-state index is 0.603. The molecule has 1 atom stereocenters. The van der Waals surface area contributed by atoms with Crippen LogP contribution in [0.2, 0.25) is 0 Å². The lowest BCUT2D eigenvalue weighted by molar-refractivity contribution is 0.501. The first-order valence-corrected chi connectivity index (χ1v) is 5.87. The molecule has 0 bridgehead atoms. The Balaban J connectivity index is 2.19. The Hall–Kier alpha value is -1.02. The summed E-state index contributed by atoms with van der Waals surface area (Å²) in [5.74, 6) is 0. The second-order valence-corrected chi connectivity index (χ2v) is 4.27. The highest BCUT2D eigenvalue weighted by Crippen LogP contribution is 2.19. The number of piperazine rings is 1. The first-order valence-electron chi connectivity index (χ1n) is 5.87. The standard InChI is InChI=1S/C13H20N2/c1-3-12-5-4-6-13(9-12)15-8-7-14-10-11(15)2/h4-6,9,11,14H,3,7-8,10H2,1-2H3. The van der Waals surface area contributed by atoms with E-state index in [1.165, 1.54) is 11.3 Å². The van der Waals surface area contributed by atoms with Crippen molar-refractivity contribution in [1.82, 2.24) is 5.32 Å². The van der Waals surface area contributed by atoms with E-state index < -0.39 is 0 Å². The lowest BCUT2D eigenvalue weighted by atomic mass is 10.1. The fraction of sp³-hybridized carbons (Fsp3) is 0.538. The molecule has 1 N–H and O–H groups in total. The van der Waals surface area contributed by atoms with E-state index in [2.05, 4.69) is 48.3 Å². The van der Waals surface area contributed by atoms with Crippen LogP contribution in [0.25, 0.3) is 0 Å². The summed E-state index contributed by atoms with van der Waals surface area (Å²) >= 11 is 0. The third-order valence-electron chi connectivity index (χ3n) is 3.15. The topological polar surface area (TPSA) is 15.3 Å². The molecule has 0 aliphatic carbocycles. The van der Waals surface area contributed by atoms with Crippen molar-refractivity contribution in [2.45, 2.75) is 26.3 Å². The molecule has 0 aromatic heterocycles. The van der Waals surface area contributed by atoms with Crippen molar-refractivity contribution in [3.05, 3.63) is 29.8 Å². The van der Waals surface area contributed by atoms with Crippen molar-refractivity contribution in [2.75, 3.05) is 24.5 Å². The van der Waals surface area contributed by atoms with Gasteiger partial charge < -0.3 is 10.2 Å². The van der Waals surface area contributed by atoms with Gasteiger partial charge >= 0.3 is 0 Å². The molecule has 1 aromatic rings. The molecule has 1 aliphatic rings. The lowest BCUT2D eigenvalue weighted by Gasteiger charge is -2.36. The molecule has 1 aromatic carbocycles. The van der Waals surface area contributed by atoms with Crippen LogP contribution in [0, 0.1) is 0 Å². The summed E-state index contributed by atoms with van der Waals surface area (Å²) < 4.78 is 0. The zero-order valence-corrected chi connectivity index (χ0v) is 9.66. The maximum atomic E-state index is 3.42. The average Bonchev–Trinajstić information content (AvgIpc) is 2.30. The van der Waals surface area contributed by atoms with Crippen molar-refractivity contribution >= 4 is 5.69 Å². The van der Waals surface area contributed by atoms with E-state index in [9.17, 15) is 0 Å². The summed E-state index contributed by atoms with van der Waals surface area (Å²) in [6.07, 6.45) is 1.12. The first kappa shape index (κ1) is 10.5. The van der Waals surface area contributed by atoms with Gasteiger partial charge in [0.15, 0.2) is 0 Å². The van der Waals surface area contributed by atoms with Crippen molar-refractivity contribution < 1.29 is 0 Å². The van der Waals surface area contributed by atoms with Gasteiger partial charge in [0.25, 0.3) is 0 Å². The molecule has 1 saturated heterocycles.